The standard InChI is InChI=1S/C15H14BrN3O2/c16-12-5-3-11(4-6-12)15(20)18-13-7-1-10(2-8-13)9-14(17)19-21/h1-8,21H,9H2,(H2,17,19)(H,18,20). The fourth-order valence-electron chi connectivity index (χ4n) is 1.75. The van der Waals surface area contributed by atoms with Crippen LogP contribution in [-0.2, 0) is 6.42 Å². The zero-order valence-electron chi connectivity index (χ0n) is 11.1. The molecule has 0 radical (unpaired) electrons. The molecule has 0 atom stereocenters. The fraction of sp³-hybridized carbons (Fsp3) is 0.0667. The van der Waals surface area contributed by atoms with Crippen molar-refractivity contribution in [2.45, 2.75) is 6.42 Å². The van der Waals surface area contributed by atoms with Gasteiger partial charge in [-0.3, -0.25) is 4.79 Å². The first kappa shape index (κ1) is 15.1. The van der Waals surface area contributed by atoms with Gasteiger partial charge in [0.1, 0.15) is 5.84 Å². The normalized spacial score (nSPS) is 11.2. The summed E-state index contributed by atoms with van der Waals surface area (Å²) in [4.78, 5) is 12.0. The minimum absolute atomic E-state index is 0.140. The van der Waals surface area contributed by atoms with Gasteiger partial charge in [0, 0.05) is 22.1 Å². The topological polar surface area (TPSA) is 87.7 Å². The van der Waals surface area contributed by atoms with Crippen molar-refractivity contribution >= 4 is 33.4 Å². The van der Waals surface area contributed by atoms with Crippen molar-refractivity contribution in [2.24, 2.45) is 10.9 Å². The van der Waals surface area contributed by atoms with Gasteiger partial charge in [-0.2, -0.15) is 0 Å². The number of amides is 1. The van der Waals surface area contributed by atoms with E-state index in [1.165, 1.54) is 0 Å². The van der Waals surface area contributed by atoms with Crippen LogP contribution in [0.4, 0.5) is 5.69 Å². The van der Waals surface area contributed by atoms with E-state index in [-0.39, 0.29) is 11.7 Å². The van der Waals surface area contributed by atoms with Crippen molar-refractivity contribution in [3.05, 3.63) is 64.1 Å². The van der Waals surface area contributed by atoms with Gasteiger partial charge in [-0.1, -0.05) is 33.2 Å². The number of halogens is 1. The maximum absolute atomic E-state index is 12.0. The lowest BCUT2D eigenvalue weighted by Gasteiger charge is -2.06. The Labute approximate surface area is 130 Å². The van der Waals surface area contributed by atoms with Crippen molar-refractivity contribution in [2.75, 3.05) is 5.32 Å². The second-order valence-corrected chi connectivity index (χ2v) is 5.34. The third-order valence-electron chi connectivity index (χ3n) is 2.83. The predicted octanol–water partition coefficient (Wildman–Crippen LogP) is 2.99. The average molecular weight is 348 g/mol. The SMILES string of the molecule is NC(Cc1ccc(NC(=O)c2ccc(Br)cc2)cc1)=NO. The minimum atomic E-state index is -0.174. The van der Waals surface area contributed by atoms with Crippen LogP contribution in [0.1, 0.15) is 15.9 Å². The molecule has 2 aromatic rings. The summed E-state index contributed by atoms with van der Waals surface area (Å²) in [5.74, 6) is -0.0340. The Morgan fingerprint density at radius 2 is 1.76 bits per heavy atom. The van der Waals surface area contributed by atoms with Crippen molar-refractivity contribution < 1.29 is 10.0 Å². The third kappa shape index (κ3) is 4.32. The number of hydrogen-bond acceptors (Lipinski definition) is 3. The number of nitrogens with zero attached hydrogens (tertiary/aromatic N) is 1. The summed E-state index contributed by atoms with van der Waals surface area (Å²) in [5.41, 5.74) is 7.60. The lowest BCUT2D eigenvalue weighted by Crippen LogP contribution is -2.15. The highest BCUT2D eigenvalue weighted by Gasteiger charge is 2.06. The molecule has 0 saturated heterocycles. The average Bonchev–Trinajstić information content (AvgIpc) is 2.49. The summed E-state index contributed by atoms with van der Waals surface area (Å²) in [6.07, 6.45) is 0.359. The lowest BCUT2D eigenvalue weighted by atomic mass is 10.1. The van der Waals surface area contributed by atoms with Gasteiger partial charge in [-0.05, 0) is 42.0 Å². The van der Waals surface area contributed by atoms with E-state index in [0.717, 1.165) is 10.0 Å². The third-order valence-corrected chi connectivity index (χ3v) is 3.36. The van der Waals surface area contributed by atoms with Crippen molar-refractivity contribution in [1.29, 1.82) is 0 Å². The molecule has 0 aliphatic heterocycles. The molecule has 0 bridgehead atoms. The van der Waals surface area contributed by atoms with Crippen LogP contribution in [0.2, 0.25) is 0 Å². The van der Waals surface area contributed by atoms with E-state index in [9.17, 15) is 4.79 Å². The van der Waals surface area contributed by atoms with Crippen LogP contribution in [0.5, 0.6) is 0 Å². The number of carbonyl (C=O) groups excluding carboxylic acids is 1. The van der Waals surface area contributed by atoms with Gasteiger partial charge in [0.05, 0.1) is 0 Å². The van der Waals surface area contributed by atoms with Gasteiger partial charge in [0.25, 0.3) is 5.91 Å². The van der Waals surface area contributed by atoms with Gasteiger partial charge in [0.15, 0.2) is 0 Å². The number of rotatable bonds is 4. The first-order chi connectivity index (χ1) is 10.1. The molecule has 21 heavy (non-hydrogen) atoms. The van der Waals surface area contributed by atoms with Crippen LogP contribution in [-0.4, -0.2) is 17.0 Å². The predicted molar refractivity (Wildman–Crippen MR) is 85.7 cm³/mol. The molecule has 0 aliphatic rings. The minimum Gasteiger partial charge on any atom is -0.409 e. The van der Waals surface area contributed by atoms with Crippen molar-refractivity contribution in [3.63, 3.8) is 0 Å². The van der Waals surface area contributed by atoms with E-state index in [4.69, 9.17) is 10.9 Å². The second-order valence-electron chi connectivity index (χ2n) is 4.43. The van der Waals surface area contributed by atoms with E-state index in [1.54, 1.807) is 24.3 Å². The summed E-state index contributed by atoms with van der Waals surface area (Å²) >= 11 is 3.33. The van der Waals surface area contributed by atoms with Crippen LogP contribution >= 0.6 is 15.9 Å². The first-order valence-corrected chi connectivity index (χ1v) is 7.00. The molecule has 0 unspecified atom stereocenters. The van der Waals surface area contributed by atoms with Gasteiger partial charge in [-0.15, -0.1) is 0 Å². The van der Waals surface area contributed by atoms with Crippen LogP contribution in [0.15, 0.2) is 58.2 Å². The molecule has 6 heteroatoms. The van der Waals surface area contributed by atoms with Crippen LogP contribution in [0.3, 0.4) is 0 Å². The van der Waals surface area contributed by atoms with Crippen LogP contribution in [0, 0.1) is 0 Å². The fourth-order valence-corrected chi connectivity index (χ4v) is 2.02. The molecule has 5 nitrogen and oxygen atoms in total. The molecule has 0 aromatic heterocycles. The van der Waals surface area contributed by atoms with Crippen molar-refractivity contribution in [3.8, 4) is 0 Å². The molecular weight excluding hydrogens is 334 g/mol. The number of anilines is 1. The molecule has 1 amide bonds. The summed E-state index contributed by atoms with van der Waals surface area (Å²) in [5, 5.41) is 14.2. The monoisotopic (exact) mass is 347 g/mol. The van der Waals surface area contributed by atoms with E-state index in [0.29, 0.717) is 17.7 Å². The Bertz CT molecular complexity index is 652. The summed E-state index contributed by atoms with van der Waals surface area (Å²) < 4.78 is 0.923. The van der Waals surface area contributed by atoms with Gasteiger partial charge in [-0.25, -0.2) is 0 Å². The molecule has 0 saturated carbocycles. The molecule has 2 rings (SSSR count). The zero-order valence-corrected chi connectivity index (χ0v) is 12.7. The first-order valence-electron chi connectivity index (χ1n) is 6.21. The quantitative estimate of drug-likeness (QED) is 0.344. The Morgan fingerprint density at radius 3 is 2.33 bits per heavy atom. The van der Waals surface area contributed by atoms with E-state index in [2.05, 4.69) is 26.4 Å². The maximum Gasteiger partial charge on any atom is 0.255 e. The number of amidine groups is 1. The molecule has 4 N–H and O–H groups in total. The van der Waals surface area contributed by atoms with Gasteiger partial charge in [0.2, 0.25) is 0 Å². The lowest BCUT2D eigenvalue weighted by molar-refractivity contribution is 0.102. The number of oxime groups is 1. The molecule has 0 fully saturated rings. The van der Waals surface area contributed by atoms with Crippen LogP contribution < -0.4 is 11.1 Å². The maximum atomic E-state index is 12.0. The van der Waals surface area contributed by atoms with Crippen LogP contribution in [0.25, 0.3) is 0 Å². The summed E-state index contributed by atoms with van der Waals surface area (Å²) in [6, 6.07) is 14.3. The number of nitrogens with two attached hydrogens (primary N) is 1. The smallest absolute Gasteiger partial charge is 0.255 e. The zero-order chi connectivity index (χ0) is 15.2. The Kier molecular flexibility index (Phi) is 4.94. The largest absolute Gasteiger partial charge is 0.409 e. The molecule has 0 aliphatic carbocycles. The van der Waals surface area contributed by atoms with Gasteiger partial charge < -0.3 is 16.3 Å². The summed E-state index contributed by atoms with van der Waals surface area (Å²) in [7, 11) is 0. The molecule has 2 aromatic carbocycles. The number of hydrogen-bond donors (Lipinski definition) is 3. The highest BCUT2D eigenvalue weighted by atomic mass is 79.9. The van der Waals surface area contributed by atoms with E-state index in [1.807, 2.05) is 24.3 Å². The Morgan fingerprint density at radius 1 is 1.14 bits per heavy atom. The molecular formula is C15H14BrN3O2. The number of benzene rings is 2. The number of nitrogens with one attached hydrogen (secondary N) is 1. The van der Waals surface area contributed by atoms with Crippen molar-refractivity contribution in [1.82, 2.24) is 0 Å². The van der Waals surface area contributed by atoms with Gasteiger partial charge >= 0.3 is 0 Å². The number of carbonyl (C=O) groups is 1. The molecule has 0 spiro atoms. The highest BCUT2D eigenvalue weighted by molar-refractivity contribution is 9.10. The Balaban J connectivity index is 2.03. The highest BCUT2D eigenvalue weighted by Crippen LogP contribution is 2.14. The molecule has 108 valence electrons. The second kappa shape index (κ2) is 6.90. The summed E-state index contributed by atoms with van der Waals surface area (Å²) in [6.45, 7) is 0. The Hall–Kier alpha value is -2.34. The van der Waals surface area contributed by atoms with E-state index < -0.39 is 0 Å². The van der Waals surface area contributed by atoms with E-state index >= 15 is 0 Å². The molecule has 0 heterocycles.